The molecule has 4 heteroatoms. The molecule has 0 aromatic carbocycles. The molecule has 3 N–H and O–H groups in total. The molecule has 0 aliphatic carbocycles. The largest absolute Gasteiger partial charge is 0.368 e. The van der Waals surface area contributed by atoms with Gasteiger partial charge in [0.1, 0.15) is 11.6 Å². The fraction of sp³-hybridized carbons (Fsp3) is 0.500. The summed E-state index contributed by atoms with van der Waals surface area (Å²) in [6.07, 6.45) is 1.73. The molecule has 0 amide bonds. The number of nitrogens with zero attached hydrogens (tertiary/aromatic N) is 2. The summed E-state index contributed by atoms with van der Waals surface area (Å²) in [6.45, 7) is 4.54. The van der Waals surface area contributed by atoms with Gasteiger partial charge in [-0.25, -0.2) is 9.97 Å². The monoisotopic (exact) mass is 166 g/mol. The number of anilines is 1. The number of nitrogens with one attached hydrogen (secondary N) is 1. The Kier molecular flexibility index (Phi) is 2.99. The lowest BCUT2D eigenvalue weighted by Gasteiger charge is -2.07. The van der Waals surface area contributed by atoms with Crippen LogP contribution in [0.2, 0.25) is 0 Å². The molecule has 0 aliphatic rings. The van der Waals surface area contributed by atoms with Crippen LogP contribution in [0, 0.1) is 6.92 Å². The molecule has 0 aliphatic heterocycles. The van der Waals surface area contributed by atoms with Crippen molar-refractivity contribution in [2.24, 2.45) is 5.73 Å². The van der Waals surface area contributed by atoms with Crippen LogP contribution in [0.15, 0.2) is 12.3 Å². The van der Waals surface area contributed by atoms with Crippen LogP contribution >= 0.6 is 0 Å². The molecule has 66 valence electrons. The van der Waals surface area contributed by atoms with Gasteiger partial charge in [0.25, 0.3) is 0 Å². The highest BCUT2D eigenvalue weighted by Gasteiger charge is 1.95. The van der Waals surface area contributed by atoms with Crippen LogP contribution in [0.3, 0.4) is 0 Å². The van der Waals surface area contributed by atoms with Gasteiger partial charge >= 0.3 is 0 Å². The highest BCUT2D eigenvalue weighted by atomic mass is 15.0. The molecule has 0 fully saturated rings. The van der Waals surface area contributed by atoms with Crippen molar-refractivity contribution >= 4 is 5.82 Å². The highest BCUT2D eigenvalue weighted by Crippen LogP contribution is 1.99. The molecular weight excluding hydrogens is 152 g/mol. The third-order valence-corrected chi connectivity index (χ3v) is 1.38. The number of hydrogen-bond acceptors (Lipinski definition) is 4. The van der Waals surface area contributed by atoms with Crippen molar-refractivity contribution in [3.8, 4) is 0 Å². The van der Waals surface area contributed by atoms with E-state index < -0.39 is 0 Å². The van der Waals surface area contributed by atoms with E-state index in [2.05, 4.69) is 15.3 Å². The van der Waals surface area contributed by atoms with Crippen molar-refractivity contribution in [2.75, 3.05) is 11.9 Å². The molecule has 0 saturated carbocycles. The summed E-state index contributed by atoms with van der Waals surface area (Å²) >= 11 is 0. The maximum atomic E-state index is 5.57. The number of hydrogen-bond donors (Lipinski definition) is 2. The van der Waals surface area contributed by atoms with Gasteiger partial charge in [-0.15, -0.1) is 0 Å². The number of rotatable bonds is 3. The average Bonchev–Trinajstić information content (AvgIpc) is 2.01. The Bertz CT molecular complexity index is 247. The van der Waals surface area contributed by atoms with Gasteiger partial charge < -0.3 is 11.1 Å². The topological polar surface area (TPSA) is 63.8 Å². The fourth-order valence-electron chi connectivity index (χ4n) is 0.820. The average molecular weight is 166 g/mol. The quantitative estimate of drug-likeness (QED) is 0.688. The minimum Gasteiger partial charge on any atom is -0.368 e. The van der Waals surface area contributed by atoms with E-state index in [4.69, 9.17) is 5.73 Å². The Balaban J connectivity index is 2.52. The molecule has 1 aromatic rings. The summed E-state index contributed by atoms with van der Waals surface area (Å²) in [6, 6.07) is 1.97. The summed E-state index contributed by atoms with van der Waals surface area (Å²) in [4.78, 5) is 8.15. The molecule has 1 atom stereocenters. The Morgan fingerprint density at radius 1 is 1.67 bits per heavy atom. The van der Waals surface area contributed by atoms with Crippen molar-refractivity contribution < 1.29 is 0 Å². The van der Waals surface area contributed by atoms with Gasteiger partial charge in [0.15, 0.2) is 0 Å². The van der Waals surface area contributed by atoms with Crippen LogP contribution in [0.1, 0.15) is 12.7 Å². The summed E-state index contributed by atoms with van der Waals surface area (Å²) in [5, 5.41) is 3.11. The normalized spacial score (nSPS) is 12.6. The minimum atomic E-state index is 0.139. The molecule has 1 aromatic heterocycles. The van der Waals surface area contributed by atoms with Crippen LogP contribution < -0.4 is 11.1 Å². The predicted molar refractivity (Wildman–Crippen MR) is 48.9 cm³/mol. The molecule has 1 unspecified atom stereocenters. The molecule has 0 bridgehead atoms. The standard InChI is InChI=1S/C8H14N4/c1-6(9)5-11-8-3-4-10-7(2)12-8/h3-4,6H,5,9H2,1-2H3,(H,10,11,12). The fourth-order valence-corrected chi connectivity index (χ4v) is 0.820. The first-order valence-electron chi connectivity index (χ1n) is 3.97. The first-order valence-corrected chi connectivity index (χ1v) is 3.97. The Morgan fingerprint density at radius 2 is 2.42 bits per heavy atom. The van der Waals surface area contributed by atoms with E-state index in [-0.39, 0.29) is 6.04 Å². The number of aryl methyl sites for hydroxylation is 1. The van der Waals surface area contributed by atoms with E-state index in [0.29, 0.717) is 0 Å². The third kappa shape index (κ3) is 2.84. The number of nitrogens with two attached hydrogens (primary N) is 1. The smallest absolute Gasteiger partial charge is 0.129 e. The van der Waals surface area contributed by atoms with E-state index in [1.807, 2.05) is 19.9 Å². The lowest BCUT2D eigenvalue weighted by molar-refractivity contribution is 0.776. The van der Waals surface area contributed by atoms with Crippen LogP contribution in [0.5, 0.6) is 0 Å². The predicted octanol–water partition coefficient (Wildman–Crippen LogP) is 0.544. The number of aromatic nitrogens is 2. The molecule has 12 heavy (non-hydrogen) atoms. The van der Waals surface area contributed by atoms with Gasteiger partial charge in [0.05, 0.1) is 0 Å². The third-order valence-electron chi connectivity index (χ3n) is 1.38. The zero-order valence-electron chi connectivity index (χ0n) is 7.41. The Morgan fingerprint density at radius 3 is 3.00 bits per heavy atom. The second-order valence-corrected chi connectivity index (χ2v) is 2.85. The van der Waals surface area contributed by atoms with Crippen molar-refractivity contribution in [2.45, 2.75) is 19.9 Å². The van der Waals surface area contributed by atoms with Gasteiger partial charge in [-0.05, 0) is 19.9 Å². The Hall–Kier alpha value is -1.16. The van der Waals surface area contributed by atoms with Crippen molar-refractivity contribution in [3.05, 3.63) is 18.1 Å². The zero-order chi connectivity index (χ0) is 8.97. The van der Waals surface area contributed by atoms with Gasteiger partial charge in [-0.2, -0.15) is 0 Å². The maximum absolute atomic E-state index is 5.57. The van der Waals surface area contributed by atoms with Gasteiger partial charge in [-0.1, -0.05) is 0 Å². The molecule has 0 saturated heterocycles. The van der Waals surface area contributed by atoms with E-state index in [0.717, 1.165) is 18.2 Å². The highest BCUT2D eigenvalue weighted by molar-refractivity contribution is 5.32. The second kappa shape index (κ2) is 4.01. The van der Waals surface area contributed by atoms with E-state index in [1.165, 1.54) is 0 Å². The summed E-state index contributed by atoms with van der Waals surface area (Å²) in [5.41, 5.74) is 5.57. The van der Waals surface area contributed by atoms with Crippen LogP contribution in [0.25, 0.3) is 0 Å². The van der Waals surface area contributed by atoms with E-state index in [9.17, 15) is 0 Å². The van der Waals surface area contributed by atoms with Gasteiger partial charge in [0, 0.05) is 18.8 Å². The Labute approximate surface area is 72.2 Å². The van der Waals surface area contributed by atoms with E-state index in [1.54, 1.807) is 6.20 Å². The lowest BCUT2D eigenvalue weighted by atomic mass is 10.3. The molecule has 1 heterocycles. The second-order valence-electron chi connectivity index (χ2n) is 2.85. The first-order chi connectivity index (χ1) is 5.68. The van der Waals surface area contributed by atoms with Crippen molar-refractivity contribution in [3.63, 3.8) is 0 Å². The molecule has 4 nitrogen and oxygen atoms in total. The van der Waals surface area contributed by atoms with E-state index >= 15 is 0 Å². The summed E-state index contributed by atoms with van der Waals surface area (Å²) in [7, 11) is 0. The van der Waals surface area contributed by atoms with Crippen molar-refractivity contribution in [1.29, 1.82) is 0 Å². The van der Waals surface area contributed by atoms with Crippen LogP contribution in [-0.2, 0) is 0 Å². The minimum absolute atomic E-state index is 0.139. The zero-order valence-corrected chi connectivity index (χ0v) is 7.41. The molecule has 0 radical (unpaired) electrons. The van der Waals surface area contributed by atoms with Gasteiger partial charge in [-0.3, -0.25) is 0 Å². The molecule has 0 spiro atoms. The van der Waals surface area contributed by atoms with Crippen LogP contribution in [0.4, 0.5) is 5.82 Å². The molecular formula is C8H14N4. The van der Waals surface area contributed by atoms with Crippen LogP contribution in [-0.4, -0.2) is 22.6 Å². The first kappa shape index (κ1) is 8.93. The SMILES string of the molecule is Cc1nccc(NCC(C)N)n1. The lowest BCUT2D eigenvalue weighted by Crippen LogP contribution is -2.25. The summed E-state index contributed by atoms with van der Waals surface area (Å²) in [5.74, 6) is 1.60. The summed E-state index contributed by atoms with van der Waals surface area (Å²) < 4.78 is 0. The maximum Gasteiger partial charge on any atom is 0.129 e. The molecule has 1 rings (SSSR count). The van der Waals surface area contributed by atoms with Crippen molar-refractivity contribution in [1.82, 2.24) is 9.97 Å². The van der Waals surface area contributed by atoms with Gasteiger partial charge in [0.2, 0.25) is 0 Å².